The second kappa shape index (κ2) is 65.8. The fourth-order valence-corrected chi connectivity index (χ4v) is 12.2. The van der Waals surface area contributed by atoms with Gasteiger partial charge < -0.3 is 33.8 Å². The minimum Gasteiger partial charge on any atom is -0.462 e. The summed E-state index contributed by atoms with van der Waals surface area (Å²) in [5, 5.41) is 10.6. The van der Waals surface area contributed by atoms with Gasteiger partial charge in [0.05, 0.1) is 26.4 Å². The normalized spacial score (nSPS) is 14.2. The first-order chi connectivity index (χ1) is 44.5. The number of ether oxygens (including phenoxy) is 4. The van der Waals surface area contributed by atoms with E-state index in [9.17, 15) is 43.2 Å². The average molecular weight is 1350 g/mol. The highest BCUT2D eigenvalue weighted by molar-refractivity contribution is 7.47. The highest BCUT2D eigenvalue weighted by Gasteiger charge is 2.30. The lowest BCUT2D eigenvalue weighted by molar-refractivity contribution is -0.161. The molecule has 0 fully saturated rings. The van der Waals surface area contributed by atoms with Crippen molar-refractivity contribution in [3.8, 4) is 0 Å². The number of carbonyl (C=O) groups excluding carboxylic acids is 4. The van der Waals surface area contributed by atoms with Crippen molar-refractivity contribution in [2.75, 3.05) is 39.6 Å². The van der Waals surface area contributed by atoms with E-state index < -0.39 is 97.5 Å². The zero-order valence-electron chi connectivity index (χ0n) is 59.2. The van der Waals surface area contributed by atoms with Crippen LogP contribution in [-0.2, 0) is 65.4 Å². The van der Waals surface area contributed by atoms with Crippen molar-refractivity contribution >= 4 is 39.5 Å². The maximum Gasteiger partial charge on any atom is 0.472 e. The maximum atomic E-state index is 13.0. The Labute approximate surface area is 561 Å². The van der Waals surface area contributed by atoms with Gasteiger partial charge in [-0.2, -0.15) is 0 Å². The number of aliphatic hydroxyl groups is 1. The molecule has 0 aromatic heterocycles. The summed E-state index contributed by atoms with van der Waals surface area (Å²) in [6.45, 7) is 7.11. The molecule has 0 heterocycles. The number of hydrogen-bond acceptors (Lipinski definition) is 15. The second-order valence-electron chi connectivity index (χ2n) is 26.1. The Kier molecular flexibility index (Phi) is 64.0. The lowest BCUT2D eigenvalue weighted by atomic mass is 10.0. The molecule has 0 saturated heterocycles. The monoisotopic (exact) mass is 1350 g/mol. The molecule has 92 heavy (non-hydrogen) atoms. The fourth-order valence-electron chi connectivity index (χ4n) is 10.6. The van der Waals surface area contributed by atoms with Gasteiger partial charge >= 0.3 is 39.5 Å². The van der Waals surface area contributed by atoms with Crippen LogP contribution in [0.15, 0.2) is 24.3 Å². The summed E-state index contributed by atoms with van der Waals surface area (Å²) in [5.74, 6) is -1.40. The number of phosphoric ester groups is 2. The molecule has 0 saturated carbocycles. The predicted molar refractivity (Wildman–Crippen MR) is 372 cm³/mol. The molecule has 3 N–H and O–H groups in total. The first kappa shape index (κ1) is 89.5. The summed E-state index contributed by atoms with van der Waals surface area (Å²) in [4.78, 5) is 72.4. The number of rotatable bonds is 71. The molecule has 0 radical (unpaired) electrons. The Hall–Kier alpha value is -2.46. The summed E-state index contributed by atoms with van der Waals surface area (Å²) in [7, 11) is -9.91. The SMILES string of the molecule is CCCCCC/C=C\C=C/CCCCCCCC(=O)OC[C@H](COP(=O)(O)OC[C@@H](O)COP(=O)(O)OC[C@@H](COC(=O)CCCCCCC)OC(=O)CCCCCCCCCCCCCC(C)C)OC(=O)CCCCCCCCCCCCCCCCCCCC. The van der Waals surface area contributed by atoms with E-state index >= 15 is 0 Å². The Morgan fingerprint density at radius 1 is 0.337 bits per heavy atom. The van der Waals surface area contributed by atoms with Crippen LogP contribution >= 0.6 is 15.6 Å². The number of esters is 4. The quantitative estimate of drug-likeness (QED) is 0.0169. The van der Waals surface area contributed by atoms with E-state index in [0.29, 0.717) is 25.7 Å². The molecule has 5 atom stereocenters. The van der Waals surface area contributed by atoms with Crippen molar-refractivity contribution in [3.05, 3.63) is 24.3 Å². The van der Waals surface area contributed by atoms with Crippen LogP contribution in [0.3, 0.4) is 0 Å². The molecule has 19 heteroatoms. The smallest absolute Gasteiger partial charge is 0.462 e. The molecule has 542 valence electrons. The van der Waals surface area contributed by atoms with Crippen LogP contribution in [0.5, 0.6) is 0 Å². The third kappa shape index (κ3) is 66.2. The standard InChI is InChI=1S/C73H138O17P2/c1-6-9-12-15-17-19-21-23-25-26-27-29-31-35-39-43-48-53-58-73(78)90-69(63-84-71(76)57-52-47-42-38-34-30-28-24-22-20-18-16-13-10-7-2)65-88-92(81,82)86-61-67(74)60-85-91(79,80)87-64-68(62-83-70(75)56-51-45-14-11-8-3)89-72(77)59-54-49-44-40-36-32-33-37-41-46-50-55-66(4)5/h20,22,24,28,66-69,74H,6-19,21,23,25-27,29-65H2,1-5H3,(H,79,80)(H,81,82)/b22-20-,28-24-/t67-,68+,69+/m0/s1. The average Bonchev–Trinajstić information content (AvgIpc) is 3.73. The van der Waals surface area contributed by atoms with Crippen LogP contribution in [0.1, 0.15) is 356 Å². The third-order valence-electron chi connectivity index (χ3n) is 16.4. The van der Waals surface area contributed by atoms with Crippen molar-refractivity contribution in [1.82, 2.24) is 0 Å². The van der Waals surface area contributed by atoms with Crippen molar-refractivity contribution < 1.29 is 80.2 Å². The van der Waals surface area contributed by atoms with E-state index in [2.05, 4.69) is 58.9 Å². The first-order valence-corrected chi connectivity index (χ1v) is 40.4. The predicted octanol–water partition coefficient (Wildman–Crippen LogP) is 20.9. The van der Waals surface area contributed by atoms with Crippen molar-refractivity contribution in [1.29, 1.82) is 0 Å². The molecule has 0 aliphatic heterocycles. The molecule has 0 rings (SSSR count). The van der Waals surface area contributed by atoms with E-state index in [4.69, 9.17) is 37.0 Å². The van der Waals surface area contributed by atoms with E-state index in [1.54, 1.807) is 0 Å². The van der Waals surface area contributed by atoms with Gasteiger partial charge in [0, 0.05) is 25.7 Å². The lowest BCUT2D eigenvalue weighted by Crippen LogP contribution is -2.30. The van der Waals surface area contributed by atoms with Crippen molar-refractivity contribution in [2.24, 2.45) is 5.92 Å². The summed E-state index contributed by atoms with van der Waals surface area (Å²) in [6, 6.07) is 0. The molecule has 0 spiro atoms. The number of aliphatic hydroxyl groups excluding tert-OH is 1. The largest absolute Gasteiger partial charge is 0.472 e. The van der Waals surface area contributed by atoms with Crippen molar-refractivity contribution in [3.63, 3.8) is 0 Å². The van der Waals surface area contributed by atoms with Crippen LogP contribution in [0.4, 0.5) is 0 Å². The molecule has 2 unspecified atom stereocenters. The molecular formula is C73H138O17P2. The van der Waals surface area contributed by atoms with Gasteiger partial charge in [-0.25, -0.2) is 9.13 Å². The van der Waals surface area contributed by atoms with Gasteiger partial charge in [-0.15, -0.1) is 0 Å². The van der Waals surface area contributed by atoms with Gasteiger partial charge in [0.1, 0.15) is 19.3 Å². The van der Waals surface area contributed by atoms with Crippen LogP contribution < -0.4 is 0 Å². The molecule has 0 aliphatic carbocycles. The van der Waals surface area contributed by atoms with Gasteiger partial charge in [0.25, 0.3) is 0 Å². The number of hydrogen-bond donors (Lipinski definition) is 3. The van der Waals surface area contributed by atoms with Gasteiger partial charge in [0.15, 0.2) is 12.2 Å². The van der Waals surface area contributed by atoms with Crippen LogP contribution in [0, 0.1) is 5.92 Å². The second-order valence-corrected chi connectivity index (χ2v) is 29.0. The minimum atomic E-state index is -4.96. The number of unbranched alkanes of at least 4 members (excludes halogenated alkanes) is 40. The molecule has 0 aliphatic rings. The summed E-state index contributed by atoms with van der Waals surface area (Å²) in [5.41, 5.74) is 0. The fraction of sp³-hybridized carbons (Fsp3) is 0.890. The van der Waals surface area contributed by atoms with Gasteiger partial charge in [-0.1, -0.05) is 303 Å². The Bertz CT molecular complexity index is 1860. The van der Waals surface area contributed by atoms with Gasteiger partial charge in [-0.3, -0.25) is 37.3 Å². The van der Waals surface area contributed by atoms with Crippen LogP contribution in [0.25, 0.3) is 0 Å². The lowest BCUT2D eigenvalue weighted by Gasteiger charge is -2.21. The Morgan fingerprint density at radius 3 is 0.891 bits per heavy atom. The number of carbonyl (C=O) groups is 4. The Balaban J connectivity index is 5.18. The van der Waals surface area contributed by atoms with E-state index in [0.717, 1.165) is 121 Å². The maximum absolute atomic E-state index is 13.0. The highest BCUT2D eigenvalue weighted by Crippen LogP contribution is 2.45. The van der Waals surface area contributed by atoms with Gasteiger partial charge in [0.2, 0.25) is 0 Å². The minimum absolute atomic E-state index is 0.102. The molecule has 0 aromatic carbocycles. The van der Waals surface area contributed by atoms with E-state index in [1.807, 2.05) is 0 Å². The summed E-state index contributed by atoms with van der Waals surface area (Å²) >= 11 is 0. The zero-order chi connectivity index (χ0) is 67.7. The summed E-state index contributed by atoms with van der Waals surface area (Å²) < 4.78 is 68.1. The molecule has 0 amide bonds. The number of allylic oxidation sites excluding steroid dienone is 4. The third-order valence-corrected chi connectivity index (χ3v) is 18.3. The van der Waals surface area contributed by atoms with E-state index in [1.165, 1.54) is 154 Å². The van der Waals surface area contributed by atoms with Crippen LogP contribution in [-0.4, -0.2) is 96.7 Å². The zero-order valence-corrected chi connectivity index (χ0v) is 61.0. The molecule has 17 nitrogen and oxygen atoms in total. The van der Waals surface area contributed by atoms with Crippen LogP contribution in [0.2, 0.25) is 0 Å². The first-order valence-electron chi connectivity index (χ1n) is 37.5. The summed E-state index contributed by atoms with van der Waals surface area (Å²) in [6.07, 6.45) is 56.7. The molecular weight excluding hydrogens is 1210 g/mol. The topological polar surface area (TPSA) is 237 Å². The molecule has 0 aromatic rings. The van der Waals surface area contributed by atoms with E-state index in [-0.39, 0.29) is 25.7 Å². The molecule has 0 bridgehead atoms. The highest BCUT2D eigenvalue weighted by atomic mass is 31.2. The Morgan fingerprint density at radius 2 is 0.587 bits per heavy atom. The van der Waals surface area contributed by atoms with Crippen molar-refractivity contribution in [2.45, 2.75) is 374 Å². The number of phosphoric acid groups is 2. The van der Waals surface area contributed by atoms with Gasteiger partial charge in [-0.05, 0) is 57.3 Å².